The van der Waals surface area contributed by atoms with Crippen LogP contribution in [0.25, 0.3) is 0 Å². The Morgan fingerprint density at radius 1 is 1.46 bits per heavy atom. The number of nitrogens with zero attached hydrogens (tertiary/aromatic N) is 1. The molecule has 0 atom stereocenters. The Morgan fingerprint density at radius 3 is 2.77 bits per heavy atom. The van der Waals surface area contributed by atoms with Crippen molar-refractivity contribution >= 4 is 17.8 Å². The summed E-state index contributed by atoms with van der Waals surface area (Å²) in [5.74, 6) is 0.277. The first-order chi connectivity index (χ1) is 6.33. The van der Waals surface area contributed by atoms with E-state index in [0.29, 0.717) is 6.29 Å². The predicted octanol–water partition coefficient (Wildman–Crippen LogP) is 0.960. The van der Waals surface area contributed by atoms with E-state index in [-0.39, 0.29) is 12.3 Å². The Hall–Kier alpha value is -1.84. The lowest BCUT2D eigenvalue weighted by Crippen LogP contribution is -2.13. The molecule has 0 fully saturated rings. The number of rotatable bonds is 4. The molecule has 0 unspecified atom stereocenters. The van der Waals surface area contributed by atoms with Gasteiger partial charge in [-0.1, -0.05) is 18.2 Å². The van der Waals surface area contributed by atoms with E-state index in [1.54, 1.807) is 0 Å². The Labute approximate surface area is 76.4 Å². The van der Waals surface area contributed by atoms with Gasteiger partial charge < -0.3 is 10.5 Å². The molecule has 4 nitrogen and oxygen atoms in total. The highest BCUT2D eigenvalue weighted by molar-refractivity contribution is 5.91. The number of hydrazone groups is 1. The van der Waals surface area contributed by atoms with Crippen molar-refractivity contribution in [2.75, 3.05) is 5.43 Å². The van der Waals surface area contributed by atoms with Crippen LogP contribution in [0.15, 0.2) is 35.4 Å². The van der Waals surface area contributed by atoms with E-state index in [1.807, 2.05) is 30.3 Å². The number of carbonyl (C=O) groups is 1. The second-order valence-electron chi connectivity index (χ2n) is 2.45. The summed E-state index contributed by atoms with van der Waals surface area (Å²) < 4.78 is 0. The van der Waals surface area contributed by atoms with Crippen LogP contribution in [-0.4, -0.2) is 12.1 Å². The molecule has 0 aliphatic carbocycles. The van der Waals surface area contributed by atoms with E-state index < -0.39 is 0 Å². The van der Waals surface area contributed by atoms with Crippen molar-refractivity contribution in [3.05, 3.63) is 30.3 Å². The molecular weight excluding hydrogens is 166 g/mol. The number of hydrogen-bond donors (Lipinski definition) is 2. The molecule has 3 N–H and O–H groups in total. The van der Waals surface area contributed by atoms with E-state index in [9.17, 15) is 4.79 Å². The van der Waals surface area contributed by atoms with Gasteiger partial charge in [-0.15, -0.1) is 0 Å². The van der Waals surface area contributed by atoms with Crippen LogP contribution in [0.2, 0.25) is 0 Å². The molecule has 68 valence electrons. The van der Waals surface area contributed by atoms with Gasteiger partial charge in [0.1, 0.15) is 12.1 Å². The normalized spacial score (nSPS) is 10.9. The van der Waals surface area contributed by atoms with Crippen LogP contribution in [0, 0.1) is 0 Å². The number of benzene rings is 1. The summed E-state index contributed by atoms with van der Waals surface area (Å²) in [6.45, 7) is 0. The number of amidine groups is 1. The van der Waals surface area contributed by atoms with Gasteiger partial charge in [0.15, 0.2) is 0 Å². The molecule has 0 bridgehead atoms. The van der Waals surface area contributed by atoms with Crippen molar-refractivity contribution in [3.8, 4) is 0 Å². The summed E-state index contributed by atoms with van der Waals surface area (Å²) in [6.07, 6.45) is 0.866. The van der Waals surface area contributed by atoms with E-state index in [2.05, 4.69) is 10.5 Å². The molecule has 1 aromatic rings. The van der Waals surface area contributed by atoms with Crippen molar-refractivity contribution < 1.29 is 4.79 Å². The average molecular weight is 177 g/mol. The van der Waals surface area contributed by atoms with Crippen LogP contribution < -0.4 is 11.2 Å². The van der Waals surface area contributed by atoms with Gasteiger partial charge in [-0.3, -0.25) is 5.43 Å². The van der Waals surface area contributed by atoms with E-state index in [0.717, 1.165) is 5.69 Å². The van der Waals surface area contributed by atoms with Gasteiger partial charge in [0.05, 0.1) is 12.1 Å². The summed E-state index contributed by atoms with van der Waals surface area (Å²) in [5, 5.41) is 3.80. The minimum Gasteiger partial charge on any atom is -0.385 e. The van der Waals surface area contributed by atoms with Crippen LogP contribution in [0.1, 0.15) is 6.42 Å². The van der Waals surface area contributed by atoms with Crippen molar-refractivity contribution in [2.45, 2.75) is 6.42 Å². The number of aldehydes is 1. The molecular formula is C9H11N3O. The van der Waals surface area contributed by atoms with Gasteiger partial charge in [-0.05, 0) is 12.1 Å². The van der Waals surface area contributed by atoms with Crippen LogP contribution in [0.4, 0.5) is 5.69 Å². The summed E-state index contributed by atoms with van der Waals surface area (Å²) >= 11 is 0. The molecule has 0 radical (unpaired) electrons. The molecule has 0 aliphatic heterocycles. The number of nitrogens with two attached hydrogens (primary N) is 1. The summed E-state index contributed by atoms with van der Waals surface area (Å²) in [4.78, 5) is 10.0. The first-order valence-corrected chi connectivity index (χ1v) is 3.89. The third-order valence-electron chi connectivity index (χ3n) is 1.39. The number of nitrogens with one attached hydrogen (secondary N) is 1. The lowest BCUT2D eigenvalue weighted by atomic mass is 10.3. The minimum atomic E-state index is 0.153. The third-order valence-corrected chi connectivity index (χ3v) is 1.39. The van der Waals surface area contributed by atoms with Crippen LogP contribution >= 0.6 is 0 Å². The molecule has 13 heavy (non-hydrogen) atoms. The molecule has 1 aromatic carbocycles. The molecule has 0 aliphatic rings. The Kier molecular flexibility index (Phi) is 3.50. The van der Waals surface area contributed by atoms with E-state index in [1.165, 1.54) is 0 Å². The molecule has 0 saturated heterocycles. The Balaban J connectivity index is 2.51. The highest BCUT2D eigenvalue weighted by Gasteiger charge is 1.89. The number of anilines is 1. The summed E-state index contributed by atoms with van der Waals surface area (Å²) in [7, 11) is 0. The molecule has 0 amide bonds. The third kappa shape index (κ3) is 3.37. The monoisotopic (exact) mass is 177 g/mol. The number of para-hydroxylation sites is 1. The second kappa shape index (κ2) is 4.92. The van der Waals surface area contributed by atoms with Gasteiger partial charge in [-0.25, -0.2) is 0 Å². The van der Waals surface area contributed by atoms with Crippen LogP contribution in [0.5, 0.6) is 0 Å². The van der Waals surface area contributed by atoms with Gasteiger partial charge in [-0.2, -0.15) is 5.10 Å². The summed E-state index contributed by atoms with van der Waals surface area (Å²) in [6, 6.07) is 9.39. The van der Waals surface area contributed by atoms with Crippen molar-refractivity contribution in [2.24, 2.45) is 10.8 Å². The lowest BCUT2D eigenvalue weighted by molar-refractivity contribution is -0.106. The molecule has 1 rings (SSSR count). The first kappa shape index (κ1) is 9.25. The SMILES string of the molecule is N/C(CC=O)=N\Nc1ccccc1. The standard InChI is InChI=1S/C9H11N3O/c10-9(6-7-13)12-11-8-4-2-1-3-5-8/h1-5,7,11H,6H2,(H2,10,12). The van der Waals surface area contributed by atoms with Crippen molar-refractivity contribution in [3.63, 3.8) is 0 Å². The number of carbonyl (C=O) groups excluding carboxylic acids is 1. The zero-order chi connectivity index (χ0) is 9.52. The first-order valence-electron chi connectivity index (χ1n) is 3.89. The summed E-state index contributed by atoms with van der Waals surface area (Å²) in [5.41, 5.74) is 8.97. The Morgan fingerprint density at radius 2 is 2.15 bits per heavy atom. The fourth-order valence-corrected chi connectivity index (χ4v) is 0.780. The predicted molar refractivity (Wildman–Crippen MR) is 52.4 cm³/mol. The quantitative estimate of drug-likeness (QED) is 0.311. The smallest absolute Gasteiger partial charge is 0.127 e. The molecule has 0 spiro atoms. The van der Waals surface area contributed by atoms with E-state index in [4.69, 9.17) is 5.73 Å². The molecule has 0 aromatic heterocycles. The van der Waals surface area contributed by atoms with Gasteiger partial charge >= 0.3 is 0 Å². The molecule has 4 heteroatoms. The van der Waals surface area contributed by atoms with Gasteiger partial charge in [0.2, 0.25) is 0 Å². The highest BCUT2D eigenvalue weighted by atomic mass is 16.1. The largest absolute Gasteiger partial charge is 0.385 e. The fourth-order valence-electron chi connectivity index (χ4n) is 0.780. The Bertz CT molecular complexity index is 295. The van der Waals surface area contributed by atoms with Gasteiger partial charge in [0.25, 0.3) is 0 Å². The van der Waals surface area contributed by atoms with Crippen LogP contribution in [0.3, 0.4) is 0 Å². The molecule has 0 heterocycles. The van der Waals surface area contributed by atoms with Crippen molar-refractivity contribution in [1.29, 1.82) is 0 Å². The maximum Gasteiger partial charge on any atom is 0.127 e. The minimum absolute atomic E-state index is 0.153. The fraction of sp³-hybridized carbons (Fsp3) is 0.111. The highest BCUT2D eigenvalue weighted by Crippen LogP contribution is 2.03. The lowest BCUT2D eigenvalue weighted by Gasteiger charge is -1.99. The maximum absolute atomic E-state index is 10.0. The average Bonchev–Trinajstić information content (AvgIpc) is 2.17. The van der Waals surface area contributed by atoms with Gasteiger partial charge in [0, 0.05) is 0 Å². The maximum atomic E-state index is 10.0. The zero-order valence-corrected chi connectivity index (χ0v) is 7.10. The zero-order valence-electron chi connectivity index (χ0n) is 7.10. The topological polar surface area (TPSA) is 67.5 Å². The van der Waals surface area contributed by atoms with E-state index >= 15 is 0 Å². The van der Waals surface area contributed by atoms with Crippen LogP contribution in [-0.2, 0) is 4.79 Å². The molecule has 0 saturated carbocycles. The van der Waals surface area contributed by atoms with Crippen molar-refractivity contribution in [1.82, 2.24) is 0 Å². The second-order valence-corrected chi connectivity index (χ2v) is 2.45. The number of hydrogen-bond acceptors (Lipinski definition) is 3.